The average molecular weight is 479 g/mol. The van der Waals surface area contributed by atoms with Crippen molar-refractivity contribution in [2.45, 2.75) is 0 Å². The lowest BCUT2D eigenvalue weighted by molar-refractivity contribution is 0.0940. The summed E-state index contributed by atoms with van der Waals surface area (Å²) in [6, 6.07) is 14.0. The normalized spacial score (nSPS) is 10.6. The maximum absolute atomic E-state index is 12.7. The minimum Gasteiger partial charge on any atom is -0.497 e. The molecule has 2 heterocycles. The first-order valence-corrected chi connectivity index (χ1v) is 10.7. The highest BCUT2D eigenvalue weighted by Crippen LogP contribution is 2.32. The molecule has 0 saturated carbocycles. The average Bonchev–Trinajstić information content (AvgIpc) is 3.33. The van der Waals surface area contributed by atoms with Crippen LogP contribution in [0.3, 0.4) is 0 Å². The van der Waals surface area contributed by atoms with Gasteiger partial charge in [0.1, 0.15) is 35.2 Å². The van der Waals surface area contributed by atoms with E-state index in [1.807, 2.05) is 6.07 Å². The lowest BCUT2D eigenvalue weighted by Crippen LogP contribution is -2.29. The van der Waals surface area contributed by atoms with E-state index in [4.69, 9.17) is 23.7 Å². The predicted octanol–water partition coefficient (Wildman–Crippen LogP) is 2.63. The molecule has 1 N–H and O–H groups in total. The Labute approximate surface area is 201 Å². The lowest BCUT2D eigenvalue weighted by atomic mass is 10.1. The Bertz CT molecular complexity index is 1320. The van der Waals surface area contributed by atoms with Crippen LogP contribution < -0.4 is 29.0 Å². The van der Waals surface area contributed by atoms with Crippen LogP contribution in [0, 0.1) is 0 Å². The molecule has 2 aromatic heterocycles. The van der Waals surface area contributed by atoms with Crippen LogP contribution in [0.2, 0.25) is 0 Å². The van der Waals surface area contributed by atoms with E-state index < -0.39 is 0 Å². The molecule has 11 nitrogen and oxygen atoms in total. The molecule has 0 spiro atoms. The highest BCUT2D eigenvalue weighted by Gasteiger charge is 2.18. The van der Waals surface area contributed by atoms with Gasteiger partial charge in [0.2, 0.25) is 5.88 Å². The number of fused-ring (bicyclic) bond motifs is 1. The van der Waals surface area contributed by atoms with Crippen LogP contribution in [0.1, 0.15) is 10.4 Å². The number of carbonyl (C=O) groups excluding carboxylic acids is 1. The van der Waals surface area contributed by atoms with E-state index in [1.165, 1.54) is 14.2 Å². The van der Waals surface area contributed by atoms with Crippen molar-refractivity contribution in [2.75, 3.05) is 41.6 Å². The summed E-state index contributed by atoms with van der Waals surface area (Å²) in [6.45, 7) is 0.423. The minimum absolute atomic E-state index is 0.186. The number of hydrogen-bond acceptors (Lipinski definition) is 9. The van der Waals surface area contributed by atoms with Gasteiger partial charge in [0, 0.05) is 12.1 Å². The van der Waals surface area contributed by atoms with Crippen LogP contribution in [0.5, 0.6) is 28.9 Å². The molecule has 0 aliphatic rings. The van der Waals surface area contributed by atoms with Gasteiger partial charge in [0.05, 0.1) is 40.5 Å². The molecule has 35 heavy (non-hydrogen) atoms. The van der Waals surface area contributed by atoms with Crippen molar-refractivity contribution in [1.29, 1.82) is 0 Å². The molecule has 0 radical (unpaired) electrons. The summed E-state index contributed by atoms with van der Waals surface area (Å²) in [5.74, 6) is 2.56. The van der Waals surface area contributed by atoms with Crippen molar-refractivity contribution in [3.8, 4) is 40.3 Å². The van der Waals surface area contributed by atoms with Gasteiger partial charge in [-0.3, -0.25) is 4.79 Å². The predicted molar refractivity (Wildman–Crippen MR) is 127 cm³/mol. The van der Waals surface area contributed by atoms with Gasteiger partial charge in [-0.05, 0) is 30.3 Å². The summed E-state index contributed by atoms with van der Waals surface area (Å²) >= 11 is 0. The van der Waals surface area contributed by atoms with Crippen LogP contribution in [0.4, 0.5) is 0 Å². The number of hydrogen-bond donors (Lipinski definition) is 1. The fourth-order valence-electron chi connectivity index (χ4n) is 3.48. The van der Waals surface area contributed by atoms with Gasteiger partial charge < -0.3 is 29.0 Å². The third-order valence-electron chi connectivity index (χ3n) is 5.18. The summed E-state index contributed by atoms with van der Waals surface area (Å²) in [4.78, 5) is 12.7. The van der Waals surface area contributed by atoms with Gasteiger partial charge in [-0.15, -0.1) is 15.3 Å². The zero-order valence-electron chi connectivity index (χ0n) is 19.8. The first-order chi connectivity index (χ1) is 17.1. The summed E-state index contributed by atoms with van der Waals surface area (Å²) < 4.78 is 28.6. The van der Waals surface area contributed by atoms with Crippen molar-refractivity contribution in [2.24, 2.45) is 0 Å². The first kappa shape index (κ1) is 23.6. The number of carbonyl (C=O) groups is 1. The van der Waals surface area contributed by atoms with Crippen LogP contribution in [-0.4, -0.2) is 67.3 Å². The third-order valence-corrected chi connectivity index (χ3v) is 5.18. The molecular formula is C24H25N5O6. The van der Waals surface area contributed by atoms with Crippen molar-refractivity contribution in [3.05, 3.63) is 54.1 Å². The van der Waals surface area contributed by atoms with Gasteiger partial charge in [-0.1, -0.05) is 6.07 Å². The quantitative estimate of drug-likeness (QED) is 0.342. The van der Waals surface area contributed by atoms with Crippen molar-refractivity contribution in [1.82, 2.24) is 25.1 Å². The number of amides is 1. The Balaban J connectivity index is 1.46. The van der Waals surface area contributed by atoms with Crippen LogP contribution >= 0.6 is 0 Å². The van der Waals surface area contributed by atoms with E-state index in [-0.39, 0.29) is 19.1 Å². The Hall–Kier alpha value is -4.54. The molecule has 4 aromatic rings. The standard InChI is InChI=1S/C24H25N5O6/c1-31-15-8-9-16(19(14-15)34-4)23-27-26-20-10-11-21(28-29(20)23)35-13-12-25-24(30)22-17(32-2)6-5-7-18(22)33-3/h5-11,14H,12-13H2,1-4H3,(H,25,30). The molecule has 0 unspecified atom stereocenters. The van der Waals surface area contributed by atoms with Gasteiger partial charge in [0.25, 0.3) is 5.91 Å². The summed E-state index contributed by atoms with van der Waals surface area (Å²) in [5, 5.41) is 15.7. The molecule has 182 valence electrons. The fraction of sp³-hybridized carbons (Fsp3) is 0.250. The zero-order chi connectivity index (χ0) is 24.8. The molecule has 0 atom stereocenters. The lowest BCUT2D eigenvalue weighted by Gasteiger charge is -2.13. The number of rotatable bonds is 10. The minimum atomic E-state index is -0.334. The summed E-state index contributed by atoms with van der Waals surface area (Å²) in [6.07, 6.45) is 0. The van der Waals surface area contributed by atoms with Gasteiger partial charge in [-0.2, -0.15) is 4.52 Å². The largest absolute Gasteiger partial charge is 0.497 e. The maximum Gasteiger partial charge on any atom is 0.258 e. The van der Waals surface area contributed by atoms with Crippen molar-refractivity contribution in [3.63, 3.8) is 0 Å². The number of nitrogens with one attached hydrogen (secondary N) is 1. The smallest absolute Gasteiger partial charge is 0.258 e. The zero-order valence-corrected chi connectivity index (χ0v) is 19.8. The molecule has 0 bridgehead atoms. The number of aromatic nitrogens is 4. The summed E-state index contributed by atoms with van der Waals surface area (Å²) in [5.41, 5.74) is 1.56. The molecule has 11 heteroatoms. The van der Waals surface area contributed by atoms with Crippen LogP contribution in [0.25, 0.3) is 17.0 Å². The Morgan fingerprint density at radius 3 is 2.31 bits per heavy atom. The SMILES string of the molecule is COc1ccc(-c2nnc3ccc(OCCNC(=O)c4c(OC)cccc4OC)nn23)c(OC)c1. The van der Waals surface area contributed by atoms with E-state index in [0.29, 0.717) is 51.5 Å². The second kappa shape index (κ2) is 10.6. The highest BCUT2D eigenvalue weighted by molar-refractivity contribution is 5.99. The Morgan fingerprint density at radius 1 is 0.886 bits per heavy atom. The van der Waals surface area contributed by atoms with Gasteiger partial charge in [0.15, 0.2) is 11.5 Å². The molecule has 0 saturated heterocycles. The van der Waals surface area contributed by atoms with E-state index in [0.717, 1.165) is 0 Å². The number of nitrogens with zero attached hydrogens (tertiary/aromatic N) is 4. The first-order valence-electron chi connectivity index (χ1n) is 10.7. The van der Waals surface area contributed by atoms with E-state index in [9.17, 15) is 4.79 Å². The van der Waals surface area contributed by atoms with E-state index in [2.05, 4.69) is 20.6 Å². The topological polar surface area (TPSA) is 118 Å². The molecular weight excluding hydrogens is 454 g/mol. The Morgan fingerprint density at radius 2 is 1.63 bits per heavy atom. The van der Waals surface area contributed by atoms with Crippen molar-refractivity contribution >= 4 is 11.6 Å². The third kappa shape index (κ3) is 4.88. The van der Waals surface area contributed by atoms with E-state index >= 15 is 0 Å². The number of benzene rings is 2. The van der Waals surface area contributed by atoms with E-state index in [1.54, 1.807) is 61.2 Å². The molecule has 0 aliphatic carbocycles. The molecule has 0 aliphatic heterocycles. The fourth-order valence-corrected chi connectivity index (χ4v) is 3.48. The number of methoxy groups -OCH3 is 4. The maximum atomic E-state index is 12.7. The monoisotopic (exact) mass is 479 g/mol. The highest BCUT2D eigenvalue weighted by atomic mass is 16.5. The molecule has 0 fully saturated rings. The molecule has 1 amide bonds. The molecule has 2 aromatic carbocycles. The van der Waals surface area contributed by atoms with Crippen molar-refractivity contribution < 1.29 is 28.5 Å². The second-order valence-corrected chi connectivity index (χ2v) is 7.17. The van der Waals surface area contributed by atoms with Gasteiger partial charge >= 0.3 is 0 Å². The van der Waals surface area contributed by atoms with Crippen LogP contribution in [0.15, 0.2) is 48.5 Å². The second-order valence-electron chi connectivity index (χ2n) is 7.17. The van der Waals surface area contributed by atoms with Gasteiger partial charge in [-0.25, -0.2) is 0 Å². The van der Waals surface area contributed by atoms with Crippen LogP contribution in [-0.2, 0) is 0 Å². The molecule has 4 rings (SSSR count). The Kier molecular flexibility index (Phi) is 7.15. The summed E-state index contributed by atoms with van der Waals surface area (Å²) in [7, 11) is 6.15. The number of ether oxygens (including phenoxy) is 5.